The molecule has 0 saturated heterocycles. The van der Waals surface area contributed by atoms with Gasteiger partial charge < -0.3 is 4.48 Å². The highest BCUT2D eigenvalue weighted by Gasteiger charge is 2.27. The van der Waals surface area contributed by atoms with Gasteiger partial charge in [-0.25, -0.2) is 0 Å². The molecular formula is C42H68N+. The topological polar surface area (TPSA) is 0 Å². The van der Waals surface area contributed by atoms with Gasteiger partial charge in [-0.1, -0.05) is 163 Å². The lowest BCUT2D eigenvalue weighted by molar-refractivity contribution is -0.954. The van der Waals surface area contributed by atoms with Gasteiger partial charge in [0.15, 0.2) is 0 Å². The van der Waals surface area contributed by atoms with E-state index >= 15 is 0 Å². The van der Waals surface area contributed by atoms with Gasteiger partial charge in [-0.05, 0) is 64.2 Å². The predicted octanol–water partition coefficient (Wildman–Crippen LogP) is 13.2. The van der Waals surface area contributed by atoms with Crippen LogP contribution >= 0.6 is 0 Å². The van der Waals surface area contributed by atoms with Gasteiger partial charge in [-0.15, -0.1) is 0 Å². The summed E-state index contributed by atoms with van der Waals surface area (Å²) in [7, 11) is 0. The van der Waals surface area contributed by atoms with Crippen LogP contribution in [-0.4, -0.2) is 17.6 Å². The van der Waals surface area contributed by atoms with Crippen LogP contribution in [0.1, 0.15) is 153 Å². The first kappa shape index (κ1) is 37.1. The maximum absolute atomic E-state index is 2.42. The molecule has 0 heterocycles. The van der Waals surface area contributed by atoms with Crippen molar-refractivity contribution in [2.24, 2.45) is 0 Å². The lowest BCUT2D eigenvalue weighted by Crippen LogP contribution is -2.48. The Morgan fingerprint density at radius 2 is 0.721 bits per heavy atom. The molecule has 1 heteroatoms. The zero-order chi connectivity index (χ0) is 30.5. The Bertz CT molecular complexity index is 835. The number of nitrogens with zero attached hydrogens (tertiary/aromatic N) is 1. The second-order valence-corrected chi connectivity index (χ2v) is 13.1. The number of quaternary nitrogens is 1. The van der Waals surface area contributed by atoms with E-state index in [0.717, 1.165) is 13.1 Å². The molecule has 0 spiro atoms. The van der Waals surface area contributed by atoms with E-state index in [1.165, 1.54) is 157 Å². The fraction of sp³-hybridized carbons (Fsp3) is 0.619. The first-order valence-corrected chi connectivity index (χ1v) is 18.5. The molecule has 0 N–H and O–H groups in total. The van der Waals surface area contributed by atoms with E-state index in [4.69, 9.17) is 0 Å². The van der Waals surface area contributed by atoms with Crippen LogP contribution in [0.25, 0.3) is 0 Å². The SMILES string of the molecule is CCCC/C=C/CCCCCCCC[N+](CCCCCCCC/C=C/CCCC)(Cc1ccccc1)Cc1ccccc1. The Kier molecular flexibility index (Phi) is 22.7. The molecule has 0 aromatic heterocycles. The lowest BCUT2D eigenvalue weighted by Gasteiger charge is -2.39. The minimum absolute atomic E-state index is 1.16. The summed E-state index contributed by atoms with van der Waals surface area (Å²) in [6.07, 6.45) is 36.5. The Labute approximate surface area is 268 Å². The van der Waals surface area contributed by atoms with Crippen molar-refractivity contribution in [3.05, 3.63) is 96.1 Å². The Balaban J connectivity index is 1.84. The highest BCUT2D eigenvalue weighted by Crippen LogP contribution is 2.24. The monoisotopic (exact) mass is 587 g/mol. The van der Waals surface area contributed by atoms with Gasteiger partial charge in [0.2, 0.25) is 0 Å². The fourth-order valence-electron chi connectivity index (χ4n) is 6.37. The molecule has 0 atom stereocenters. The van der Waals surface area contributed by atoms with E-state index in [9.17, 15) is 0 Å². The minimum Gasteiger partial charge on any atom is -0.316 e. The van der Waals surface area contributed by atoms with E-state index < -0.39 is 0 Å². The van der Waals surface area contributed by atoms with E-state index in [2.05, 4.69) is 98.8 Å². The third-order valence-electron chi connectivity index (χ3n) is 9.01. The molecule has 2 rings (SSSR count). The first-order valence-electron chi connectivity index (χ1n) is 18.5. The predicted molar refractivity (Wildman–Crippen MR) is 192 cm³/mol. The van der Waals surface area contributed by atoms with E-state index in [-0.39, 0.29) is 0 Å². The number of unbranched alkanes of at least 4 members (excludes halogenated alkanes) is 16. The molecule has 0 aliphatic heterocycles. The van der Waals surface area contributed by atoms with E-state index in [1.54, 1.807) is 0 Å². The first-order chi connectivity index (χ1) is 21.3. The Morgan fingerprint density at radius 3 is 1.09 bits per heavy atom. The fourth-order valence-corrected chi connectivity index (χ4v) is 6.37. The third kappa shape index (κ3) is 19.7. The van der Waals surface area contributed by atoms with Crippen molar-refractivity contribution in [2.45, 2.75) is 155 Å². The summed E-state index contributed by atoms with van der Waals surface area (Å²) in [6, 6.07) is 22.6. The van der Waals surface area contributed by atoms with E-state index in [1.807, 2.05) is 0 Å². The van der Waals surface area contributed by atoms with Crippen LogP contribution in [0.2, 0.25) is 0 Å². The molecule has 0 radical (unpaired) electrons. The van der Waals surface area contributed by atoms with Crippen LogP contribution in [0.15, 0.2) is 85.0 Å². The zero-order valence-electron chi connectivity index (χ0n) is 28.5. The van der Waals surface area contributed by atoms with Crippen molar-refractivity contribution in [3.8, 4) is 0 Å². The molecule has 2 aromatic rings. The Morgan fingerprint density at radius 1 is 0.395 bits per heavy atom. The van der Waals surface area contributed by atoms with Crippen molar-refractivity contribution in [1.82, 2.24) is 0 Å². The summed E-state index contributed by atoms with van der Waals surface area (Å²) in [5, 5.41) is 0. The number of hydrogen-bond donors (Lipinski definition) is 0. The van der Waals surface area contributed by atoms with Gasteiger partial charge in [0.1, 0.15) is 13.1 Å². The van der Waals surface area contributed by atoms with Gasteiger partial charge >= 0.3 is 0 Å². The van der Waals surface area contributed by atoms with Crippen LogP contribution in [0.3, 0.4) is 0 Å². The summed E-state index contributed by atoms with van der Waals surface area (Å²) >= 11 is 0. The Hall–Kier alpha value is -2.12. The summed E-state index contributed by atoms with van der Waals surface area (Å²) in [5.74, 6) is 0. The molecule has 0 fully saturated rings. The zero-order valence-corrected chi connectivity index (χ0v) is 28.5. The number of benzene rings is 2. The highest BCUT2D eigenvalue weighted by molar-refractivity contribution is 5.15. The smallest absolute Gasteiger partial charge is 0.105 e. The average molecular weight is 587 g/mol. The van der Waals surface area contributed by atoms with Crippen LogP contribution in [-0.2, 0) is 13.1 Å². The molecule has 2 aromatic carbocycles. The molecule has 0 unspecified atom stereocenters. The standard InChI is InChI=1S/C42H68N/c1-3-5-7-9-11-13-15-17-19-21-23-31-37-43(39-41-33-27-25-28-34-41,40-42-35-29-26-30-36-42)38-32-24-22-20-18-16-14-12-10-8-6-4-2/h9-12,25-30,33-36H,3-8,13-24,31-32,37-40H2,1-2H3/q+1/b11-9+,12-10+. The molecule has 1 nitrogen and oxygen atoms in total. The van der Waals surface area contributed by atoms with Gasteiger partial charge in [-0.3, -0.25) is 0 Å². The lowest BCUT2D eigenvalue weighted by atomic mass is 10.0. The average Bonchev–Trinajstić information content (AvgIpc) is 3.03. The summed E-state index contributed by atoms with van der Waals surface area (Å²) in [4.78, 5) is 0. The molecular weight excluding hydrogens is 518 g/mol. The van der Waals surface area contributed by atoms with Gasteiger partial charge in [0.25, 0.3) is 0 Å². The molecule has 0 bridgehead atoms. The third-order valence-corrected chi connectivity index (χ3v) is 9.01. The maximum atomic E-state index is 2.42. The van der Waals surface area contributed by atoms with Crippen molar-refractivity contribution < 1.29 is 4.48 Å². The van der Waals surface area contributed by atoms with Gasteiger partial charge in [0.05, 0.1) is 13.1 Å². The van der Waals surface area contributed by atoms with Crippen LogP contribution < -0.4 is 0 Å². The molecule has 240 valence electrons. The molecule has 0 aliphatic rings. The second-order valence-electron chi connectivity index (χ2n) is 13.1. The van der Waals surface area contributed by atoms with Crippen molar-refractivity contribution in [2.75, 3.05) is 13.1 Å². The summed E-state index contributed by atoms with van der Waals surface area (Å²) < 4.78 is 1.21. The minimum atomic E-state index is 1.16. The van der Waals surface area contributed by atoms with E-state index in [0.29, 0.717) is 0 Å². The number of rotatable bonds is 28. The van der Waals surface area contributed by atoms with Crippen LogP contribution in [0, 0.1) is 0 Å². The number of allylic oxidation sites excluding steroid dienone is 4. The van der Waals surface area contributed by atoms with Crippen LogP contribution in [0.4, 0.5) is 0 Å². The normalized spacial score (nSPS) is 12.1. The summed E-state index contributed by atoms with van der Waals surface area (Å²) in [6.45, 7) is 9.47. The molecule has 0 aliphatic carbocycles. The number of hydrogen-bond acceptors (Lipinski definition) is 0. The van der Waals surface area contributed by atoms with Gasteiger partial charge in [0, 0.05) is 11.1 Å². The molecule has 0 saturated carbocycles. The van der Waals surface area contributed by atoms with Crippen molar-refractivity contribution >= 4 is 0 Å². The second kappa shape index (κ2) is 26.3. The van der Waals surface area contributed by atoms with Crippen molar-refractivity contribution in [1.29, 1.82) is 0 Å². The van der Waals surface area contributed by atoms with Crippen LogP contribution in [0.5, 0.6) is 0 Å². The molecule has 43 heavy (non-hydrogen) atoms. The maximum Gasteiger partial charge on any atom is 0.105 e. The quantitative estimate of drug-likeness (QED) is 0.0528. The largest absolute Gasteiger partial charge is 0.316 e. The summed E-state index contributed by atoms with van der Waals surface area (Å²) in [5.41, 5.74) is 3.00. The highest BCUT2D eigenvalue weighted by atomic mass is 15.3. The van der Waals surface area contributed by atoms with Crippen molar-refractivity contribution in [3.63, 3.8) is 0 Å². The molecule has 0 amide bonds. The van der Waals surface area contributed by atoms with Gasteiger partial charge in [-0.2, -0.15) is 0 Å².